The highest BCUT2D eigenvalue weighted by Gasteiger charge is 2.31. The van der Waals surface area contributed by atoms with Crippen molar-refractivity contribution < 1.29 is 4.79 Å². The van der Waals surface area contributed by atoms with E-state index in [4.69, 9.17) is 0 Å². The van der Waals surface area contributed by atoms with Gasteiger partial charge in [0.1, 0.15) is 12.2 Å². The number of likely N-dealkylation sites (tertiary alicyclic amines) is 1. The van der Waals surface area contributed by atoms with Gasteiger partial charge in [-0.05, 0) is 32.1 Å². The summed E-state index contributed by atoms with van der Waals surface area (Å²) in [7, 11) is 0. The molecule has 7 heteroatoms. The molecule has 1 saturated carbocycles. The molecule has 2 aromatic rings. The van der Waals surface area contributed by atoms with Crippen LogP contribution in [-0.2, 0) is 11.2 Å². The SMILES string of the molecule is O=C(CCc1cscn1)N1CCC(c2nncn2C2CC2)CC1. The lowest BCUT2D eigenvalue weighted by Crippen LogP contribution is -2.38. The van der Waals surface area contributed by atoms with Gasteiger partial charge in [-0.3, -0.25) is 4.79 Å². The second-order valence-corrected chi connectivity index (χ2v) is 7.18. The number of hydrogen-bond donors (Lipinski definition) is 0. The average Bonchev–Trinajstić information content (AvgIpc) is 3.10. The number of piperidine rings is 1. The highest BCUT2D eigenvalue weighted by Crippen LogP contribution is 2.38. The van der Waals surface area contributed by atoms with Crippen molar-refractivity contribution in [1.82, 2.24) is 24.6 Å². The molecule has 2 aliphatic rings. The van der Waals surface area contributed by atoms with E-state index in [2.05, 4.69) is 19.7 Å². The standard InChI is InChI=1S/C16H21N5OS/c22-15(4-1-13-9-23-11-17-13)20-7-5-12(6-8-20)16-19-18-10-21(16)14-2-3-14/h9-12,14H,1-8H2. The lowest BCUT2D eigenvalue weighted by atomic mass is 9.95. The van der Waals surface area contributed by atoms with Crippen molar-refractivity contribution in [1.29, 1.82) is 0 Å². The molecule has 1 saturated heterocycles. The minimum absolute atomic E-state index is 0.250. The molecule has 0 spiro atoms. The lowest BCUT2D eigenvalue weighted by Gasteiger charge is -2.31. The summed E-state index contributed by atoms with van der Waals surface area (Å²) in [4.78, 5) is 18.6. The Bertz CT molecular complexity index is 656. The van der Waals surface area contributed by atoms with E-state index in [0.29, 0.717) is 18.4 Å². The Hall–Kier alpha value is -1.76. The number of aryl methyl sites for hydroxylation is 1. The number of carbonyl (C=O) groups is 1. The summed E-state index contributed by atoms with van der Waals surface area (Å²) >= 11 is 1.58. The third-order valence-electron chi connectivity index (χ3n) is 4.83. The summed E-state index contributed by atoms with van der Waals surface area (Å²) in [5, 5.41) is 10.5. The molecule has 3 heterocycles. The van der Waals surface area contributed by atoms with E-state index in [9.17, 15) is 4.79 Å². The van der Waals surface area contributed by atoms with E-state index in [1.165, 1.54) is 12.8 Å². The van der Waals surface area contributed by atoms with Gasteiger partial charge in [-0.2, -0.15) is 0 Å². The summed E-state index contributed by atoms with van der Waals surface area (Å²) in [6.07, 6.45) is 7.67. The molecule has 1 aliphatic carbocycles. The minimum atomic E-state index is 0.250. The van der Waals surface area contributed by atoms with Gasteiger partial charge in [-0.1, -0.05) is 0 Å². The van der Waals surface area contributed by atoms with Crippen LogP contribution in [0.25, 0.3) is 0 Å². The van der Waals surface area contributed by atoms with Gasteiger partial charge in [0.25, 0.3) is 0 Å². The first kappa shape index (κ1) is 14.8. The second-order valence-electron chi connectivity index (χ2n) is 6.46. The fourth-order valence-electron chi connectivity index (χ4n) is 3.32. The van der Waals surface area contributed by atoms with Gasteiger partial charge >= 0.3 is 0 Å². The molecule has 0 bridgehead atoms. The zero-order valence-corrected chi connectivity index (χ0v) is 13.9. The molecular weight excluding hydrogens is 310 g/mol. The predicted molar refractivity (Wildman–Crippen MR) is 87.3 cm³/mol. The fourth-order valence-corrected chi connectivity index (χ4v) is 3.91. The van der Waals surface area contributed by atoms with Crippen molar-refractivity contribution in [3.8, 4) is 0 Å². The largest absolute Gasteiger partial charge is 0.343 e. The van der Waals surface area contributed by atoms with Gasteiger partial charge in [0.05, 0.1) is 11.2 Å². The predicted octanol–water partition coefficient (Wildman–Crippen LogP) is 2.41. The van der Waals surface area contributed by atoms with E-state index < -0.39 is 0 Å². The monoisotopic (exact) mass is 331 g/mol. The normalized spacial score (nSPS) is 19.2. The van der Waals surface area contributed by atoms with E-state index >= 15 is 0 Å². The number of carbonyl (C=O) groups excluding carboxylic acids is 1. The molecule has 2 fully saturated rings. The van der Waals surface area contributed by atoms with Crippen LogP contribution in [0.5, 0.6) is 0 Å². The Labute approximate surface area is 139 Å². The second kappa shape index (κ2) is 6.39. The Balaban J connectivity index is 1.30. The van der Waals surface area contributed by atoms with Gasteiger partial charge in [0.15, 0.2) is 0 Å². The van der Waals surface area contributed by atoms with Gasteiger partial charge in [0, 0.05) is 36.9 Å². The summed E-state index contributed by atoms with van der Waals surface area (Å²) in [6, 6.07) is 0.623. The number of hydrogen-bond acceptors (Lipinski definition) is 5. The van der Waals surface area contributed by atoms with E-state index in [1.54, 1.807) is 11.3 Å². The van der Waals surface area contributed by atoms with Crippen LogP contribution >= 0.6 is 11.3 Å². The van der Waals surface area contributed by atoms with Crippen LogP contribution in [0.2, 0.25) is 0 Å². The lowest BCUT2D eigenvalue weighted by molar-refractivity contribution is -0.132. The summed E-state index contributed by atoms with van der Waals surface area (Å²) < 4.78 is 2.25. The Morgan fingerprint density at radius 2 is 2.09 bits per heavy atom. The number of amides is 1. The Morgan fingerprint density at radius 1 is 1.26 bits per heavy atom. The van der Waals surface area contributed by atoms with E-state index in [-0.39, 0.29) is 5.91 Å². The van der Waals surface area contributed by atoms with Crippen LogP contribution in [0.1, 0.15) is 55.6 Å². The van der Waals surface area contributed by atoms with Gasteiger partial charge < -0.3 is 9.47 Å². The molecule has 0 atom stereocenters. The molecule has 6 nitrogen and oxygen atoms in total. The van der Waals surface area contributed by atoms with Crippen LogP contribution < -0.4 is 0 Å². The van der Waals surface area contributed by atoms with Crippen molar-refractivity contribution in [2.45, 2.75) is 50.5 Å². The van der Waals surface area contributed by atoms with E-state index in [0.717, 1.165) is 43.9 Å². The molecule has 2 aromatic heterocycles. The van der Waals surface area contributed by atoms with Gasteiger partial charge in [0.2, 0.25) is 5.91 Å². The zero-order valence-electron chi connectivity index (χ0n) is 13.1. The Kier molecular flexibility index (Phi) is 4.11. The van der Waals surface area contributed by atoms with Crippen molar-refractivity contribution in [3.63, 3.8) is 0 Å². The maximum absolute atomic E-state index is 12.3. The molecule has 0 aromatic carbocycles. The summed E-state index contributed by atoms with van der Waals surface area (Å²) in [5.41, 5.74) is 2.84. The van der Waals surface area contributed by atoms with Crippen LogP contribution in [-0.4, -0.2) is 43.6 Å². The molecule has 0 unspecified atom stereocenters. The van der Waals surface area contributed by atoms with Crippen LogP contribution in [0.15, 0.2) is 17.2 Å². The third kappa shape index (κ3) is 3.29. The molecule has 23 heavy (non-hydrogen) atoms. The highest BCUT2D eigenvalue weighted by molar-refractivity contribution is 7.07. The maximum Gasteiger partial charge on any atom is 0.222 e. The number of aromatic nitrogens is 4. The first-order chi connectivity index (χ1) is 11.3. The summed E-state index contributed by atoms with van der Waals surface area (Å²) in [5.74, 6) is 1.82. The molecule has 1 amide bonds. The summed E-state index contributed by atoms with van der Waals surface area (Å²) in [6.45, 7) is 1.66. The van der Waals surface area contributed by atoms with Gasteiger partial charge in [-0.25, -0.2) is 4.98 Å². The van der Waals surface area contributed by atoms with Crippen molar-refractivity contribution >= 4 is 17.2 Å². The van der Waals surface area contributed by atoms with Crippen molar-refractivity contribution in [2.24, 2.45) is 0 Å². The van der Waals surface area contributed by atoms with Crippen molar-refractivity contribution in [3.05, 3.63) is 28.7 Å². The smallest absolute Gasteiger partial charge is 0.222 e. The molecule has 4 rings (SSSR count). The number of rotatable bonds is 5. The first-order valence-corrected chi connectivity index (χ1v) is 9.30. The van der Waals surface area contributed by atoms with Crippen LogP contribution in [0, 0.1) is 0 Å². The Morgan fingerprint density at radius 3 is 2.78 bits per heavy atom. The molecule has 0 radical (unpaired) electrons. The zero-order chi connectivity index (χ0) is 15.6. The van der Waals surface area contributed by atoms with Crippen LogP contribution in [0.3, 0.4) is 0 Å². The topological polar surface area (TPSA) is 63.9 Å². The molecule has 0 N–H and O–H groups in total. The molecular formula is C16H21N5OS. The van der Waals surface area contributed by atoms with Crippen LogP contribution in [0.4, 0.5) is 0 Å². The first-order valence-electron chi connectivity index (χ1n) is 8.35. The number of nitrogens with zero attached hydrogens (tertiary/aromatic N) is 5. The average molecular weight is 331 g/mol. The quantitative estimate of drug-likeness (QED) is 0.844. The highest BCUT2D eigenvalue weighted by atomic mass is 32.1. The number of thiazole rings is 1. The third-order valence-corrected chi connectivity index (χ3v) is 5.47. The molecule has 1 aliphatic heterocycles. The van der Waals surface area contributed by atoms with E-state index in [1.807, 2.05) is 22.1 Å². The van der Waals surface area contributed by atoms with Gasteiger partial charge in [-0.15, -0.1) is 21.5 Å². The maximum atomic E-state index is 12.3. The van der Waals surface area contributed by atoms with Crippen molar-refractivity contribution in [2.75, 3.05) is 13.1 Å². The molecule has 122 valence electrons. The fraction of sp³-hybridized carbons (Fsp3) is 0.625. The minimum Gasteiger partial charge on any atom is -0.343 e.